The van der Waals surface area contributed by atoms with Crippen molar-refractivity contribution >= 4 is 17.6 Å². The van der Waals surface area contributed by atoms with Crippen molar-refractivity contribution in [3.63, 3.8) is 0 Å². The summed E-state index contributed by atoms with van der Waals surface area (Å²) in [5, 5.41) is 10.6. The van der Waals surface area contributed by atoms with Gasteiger partial charge in [-0.15, -0.1) is 6.58 Å². The molecule has 0 atom stereocenters. The quantitative estimate of drug-likeness (QED) is 0.310. The topological polar surface area (TPSA) is 46.4 Å². The van der Waals surface area contributed by atoms with Crippen LogP contribution in [0.5, 0.6) is 0 Å². The van der Waals surface area contributed by atoms with Crippen LogP contribution in [0.25, 0.3) is 0 Å². The van der Waals surface area contributed by atoms with E-state index in [1.807, 2.05) is 6.08 Å². The number of nitro groups is 1. The van der Waals surface area contributed by atoms with E-state index < -0.39 is 0 Å². The minimum atomic E-state index is -0.379. The number of hydrogen-bond donors (Lipinski definition) is 0. The third-order valence-electron chi connectivity index (χ3n) is 2.34. The molecule has 18 heavy (non-hydrogen) atoms. The molecule has 0 spiro atoms. The molecule has 5 heteroatoms. The number of benzene rings is 1. The highest BCUT2D eigenvalue weighted by molar-refractivity contribution is 7.97. The van der Waals surface area contributed by atoms with Crippen molar-refractivity contribution in [2.75, 3.05) is 13.1 Å². The molecule has 0 bridgehead atoms. The van der Waals surface area contributed by atoms with E-state index in [0.717, 1.165) is 30.8 Å². The maximum atomic E-state index is 10.6. The lowest BCUT2D eigenvalue weighted by Gasteiger charge is -2.19. The van der Waals surface area contributed by atoms with E-state index in [-0.39, 0.29) is 10.6 Å². The first-order valence-electron chi connectivity index (χ1n) is 5.95. The van der Waals surface area contributed by atoms with E-state index in [0.29, 0.717) is 0 Å². The highest BCUT2D eigenvalue weighted by Crippen LogP contribution is 2.25. The fourth-order valence-corrected chi connectivity index (χ4v) is 2.49. The van der Waals surface area contributed by atoms with Crippen LogP contribution in [0.4, 0.5) is 5.69 Å². The molecular formula is C13H18N2O2S. The second kappa shape index (κ2) is 7.89. The molecule has 0 aromatic heterocycles. The molecule has 1 aromatic rings. The Morgan fingerprint density at radius 2 is 2.06 bits per heavy atom. The van der Waals surface area contributed by atoms with Crippen LogP contribution in [-0.4, -0.2) is 22.3 Å². The van der Waals surface area contributed by atoms with Gasteiger partial charge in [0.05, 0.1) is 4.92 Å². The average Bonchev–Trinajstić information content (AvgIpc) is 2.37. The molecule has 0 saturated heterocycles. The van der Waals surface area contributed by atoms with Crippen molar-refractivity contribution in [3.8, 4) is 0 Å². The van der Waals surface area contributed by atoms with Crippen molar-refractivity contribution in [3.05, 3.63) is 47.0 Å². The Balaban J connectivity index is 2.62. The van der Waals surface area contributed by atoms with Crippen molar-refractivity contribution in [1.29, 1.82) is 0 Å². The summed E-state index contributed by atoms with van der Waals surface area (Å²) in [6.45, 7) is 7.80. The van der Waals surface area contributed by atoms with Gasteiger partial charge >= 0.3 is 0 Å². The number of nitro benzene ring substituents is 1. The fourth-order valence-electron chi connectivity index (χ4n) is 1.47. The van der Waals surface area contributed by atoms with Gasteiger partial charge in [0, 0.05) is 30.1 Å². The lowest BCUT2D eigenvalue weighted by molar-refractivity contribution is -0.384. The Kier molecular flexibility index (Phi) is 6.46. The largest absolute Gasteiger partial charge is 0.269 e. The van der Waals surface area contributed by atoms with Crippen LogP contribution in [0.3, 0.4) is 0 Å². The maximum absolute atomic E-state index is 10.6. The number of nitrogens with zero attached hydrogens (tertiary/aromatic N) is 2. The molecular weight excluding hydrogens is 248 g/mol. The van der Waals surface area contributed by atoms with Crippen LogP contribution >= 0.6 is 11.9 Å². The molecule has 0 unspecified atom stereocenters. The summed E-state index contributed by atoms with van der Waals surface area (Å²) in [6, 6.07) is 6.67. The van der Waals surface area contributed by atoms with E-state index in [1.54, 1.807) is 36.2 Å². The number of non-ortho nitro benzene ring substituents is 1. The standard InChI is InChI=1S/C13H18N2O2S/c1-3-5-11-14(10-4-2)18-13-8-6-12(7-9-13)15(16)17/h3,6-9H,1,4-5,10-11H2,2H3. The summed E-state index contributed by atoms with van der Waals surface area (Å²) >= 11 is 1.64. The molecule has 0 saturated carbocycles. The average molecular weight is 266 g/mol. The van der Waals surface area contributed by atoms with Gasteiger partial charge in [0.2, 0.25) is 0 Å². The lowest BCUT2D eigenvalue weighted by Crippen LogP contribution is -2.17. The first-order valence-corrected chi connectivity index (χ1v) is 6.73. The molecule has 0 aliphatic rings. The van der Waals surface area contributed by atoms with Gasteiger partial charge in [0.1, 0.15) is 0 Å². The second-order valence-corrected chi connectivity index (χ2v) is 5.02. The Bertz CT molecular complexity index is 392. The molecule has 1 aromatic carbocycles. The van der Waals surface area contributed by atoms with Crippen molar-refractivity contribution in [1.82, 2.24) is 4.31 Å². The monoisotopic (exact) mass is 266 g/mol. The van der Waals surface area contributed by atoms with Crippen LogP contribution in [0.15, 0.2) is 41.8 Å². The molecule has 0 aliphatic carbocycles. The minimum absolute atomic E-state index is 0.132. The maximum Gasteiger partial charge on any atom is 0.269 e. The molecule has 0 aliphatic heterocycles. The summed E-state index contributed by atoms with van der Waals surface area (Å²) in [5.74, 6) is 0. The highest BCUT2D eigenvalue weighted by Gasteiger charge is 2.08. The summed E-state index contributed by atoms with van der Waals surface area (Å²) in [5.41, 5.74) is 0.132. The molecule has 0 fully saturated rings. The van der Waals surface area contributed by atoms with Gasteiger partial charge in [-0.25, -0.2) is 4.31 Å². The van der Waals surface area contributed by atoms with Crippen molar-refractivity contribution in [2.45, 2.75) is 24.7 Å². The van der Waals surface area contributed by atoms with Gasteiger partial charge in [-0.2, -0.15) is 0 Å². The molecule has 1 rings (SSSR count). The van der Waals surface area contributed by atoms with Crippen LogP contribution in [-0.2, 0) is 0 Å². The Morgan fingerprint density at radius 3 is 2.56 bits per heavy atom. The first kappa shape index (κ1) is 14.7. The van der Waals surface area contributed by atoms with Gasteiger partial charge < -0.3 is 0 Å². The summed E-state index contributed by atoms with van der Waals surface area (Å²) < 4.78 is 2.25. The summed E-state index contributed by atoms with van der Waals surface area (Å²) in [6.07, 6.45) is 3.93. The van der Waals surface area contributed by atoms with Crippen LogP contribution in [0.1, 0.15) is 19.8 Å². The molecule has 0 heterocycles. The predicted octanol–water partition coefficient (Wildman–Crippen LogP) is 3.89. The third-order valence-corrected chi connectivity index (χ3v) is 3.44. The Morgan fingerprint density at radius 1 is 1.39 bits per heavy atom. The molecule has 98 valence electrons. The highest BCUT2D eigenvalue weighted by atomic mass is 32.2. The fraction of sp³-hybridized carbons (Fsp3) is 0.385. The lowest BCUT2D eigenvalue weighted by atomic mass is 10.3. The molecule has 0 amide bonds. The Hall–Kier alpha value is -1.33. The van der Waals surface area contributed by atoms with E-state index in [2.05, 4.69) is 17.8 Å². The van der Waals surface area contributed by atoms with Gasteiger partial charge in [0.25, 0.3) is 5.69 Å². The first-order chi connectivity index (χ1) is 8.67. The molecule has 4 nitrogen and oxygen atoms in total. The SMILES string of the molecule is C=CCCN(CCC)Sc1ccc([N+](=O)[O-])cc1. The zero-order valence-corrected chi connectivity index (χ0v) is 11.4. The second-order valence-electron chi connectivity index (χ2n) is 3.85. The predicted molar refractivity (Wildman–Crippen MR) is 75.6 cm³/mol. The Labute approximate surface area is 112 Å². The van der Waals surface area contributed by atoms with E-state index in [4.69, 9.17) is 0 Å². The molecule has 0 N–H and O–H groups in total. The van der Waals surface area contributed by atoms with E-state index in [1.165, 1.54) is 0 Å². The van der Waals surface area contributed by atoms with Gasteiger partial charge in [-0.05, 0) is 36.9 Å². The van der Waals surface area contributed by atoms with Crippen LogP contribution < -0.4 is 0 Å². The number of rotatable bonds is 8. The van der Waals surface area contributed by atoms with Crippen molar-refractivity contribution < 1.29 is 4.92 Å². The molecule has 0 radical (unpaired) electrons. The van der Waals surface area contributed by atoms with Gasteiger partial charge in [0.15, 0.2) is 0 Å². The van der Waals surface area contributed by atoms with Gasteiger partial charge in [-0.3, -0.25) is 10.1 Å². The van der Waals surface area contributed by atoms with Crippen LogP contribution in [0.2, 0.25) is 0 Å². The zero-order chi connectivity index (χ0) is 13.4. The minimum Gasteiger partial charge on any atom is -0.258 e. The van der Waals surface area contributed by atoms with E-state index in [9.17, 15) is 10.1 Å². The smallest absolute Gasteiger partial charge is 0.258 e. The summed E-state index contributed by atoms with van der Waals surface area (Å²) in [7, 11) is 0. The number of hydrogen-bond acceptors (Lipinski definition) is 4. The normalized spacial score (nSPS) is 10.6. The van der Waals surface area contributed by atoms with Gasteiger partial charge in [-0.1, -0.05) is 13.0 Å². The van der Waals surface area contributed by atoms with Crippen LogP contribution in [0, 0.1) is 10.1 Å². The van der Waals surface area contributed by atoms with E-state index >= 15 is 0 Å². The summed E-state index contributed by atoms with van der Waals surface area (Å²) in [4.78, 5) is 11.2. The van der Waals surface area contributed by atoms with Crippen molar-refractivity contribution in [2.24, 2.45) is 0 Å². The third kappa shape index (κ3) is 4.89. The zero-order valence-electron chi connectivity index (χ0n) is 10.5.